The molecular weight excluding hydrogens is 228 g/mol. The van der Waals surface area contributed by atoms with Crippen LogP contribution in [-0.4, -0.2) is 17.1 Å². The van der Waals surface area contributed by atoms with Crippen molar-refractivity contribution in [3.8, 4) is 5.75 Å². The lowest BCUT2D eigenvalue weighted by molar-refractivity contribution is 0.415. The molecule has 1 aromatic heterocycles. The van der Waals surface area contributed by atoms with Crippen LogP contribution in [0.1, 0.15) is 5.82 Å². The number of hydrogen-bond donors (Lipinski definition) is 1. The molecule has 0 spiro atoms. The van der Waals surface area contributed by atoms with Gasteiger partial charge in [-0.25, -0.2) is 4.98 Å². The molecule has 0 aliphatic carbocycles. The topological polar surface area (TPSA) is 55.0 Å². The van der Waals surface area contributed by atoms with Gasteiger partial charge < -0.3 is 9.72 Å². The van der Waals surface area contributed by atoms with Gasteiger partial charge in [0.15, 0.2) is 0 Å². The summed E-state index contributed by atoms with van der Waals surface area (Å²) in [5.74, 6) is 1.40. The van der Waals surface area contributed by atoms with Crippen LogP contribution in [0.15, 0.2) is 35.1 Å². The highest BCUT2D eigenvalue weighted by molar-refractivity contribution is 6.05. The van der Waals surface area contributed by atoms with Crippen LogP contribution < -0.4 is 10.3 Å². The van der Waals surface area contributed by atoms with Gasteiger partial charge in [0, 0.05) is 0 Å². The predicted octanol–water partition coefficient (Wildman–Crippen LogP) is 2.39. The minimum absolute atomic E-state index is 0.103. The average molecular weight is 240 g/mol. The number of nitrogens with one attached hydrogen (secondary N) is 1. The molecule has 0 atom stereocenters. The van der Waals surface area contributed by atoms with Gasteiger partial charge in [-0.1, -0.05) is 6.07 Å². The number of hydrogen-bond acceptors (Lipinski definition) is 3. The minimum Gasteiger partial charge on any atom is -0.497 e. The van der Waals surface area contributed by atoms with Crippen molar-refractivity contribution < 1.29 is 4.74 Å². The van der Waals surface area contributed by atoms with E-state index in [0.717, 1.165) is 16.5 Å². The summed E-state index contributed by atoms with van der Waals surface area (Å²) in [4.78, 5) is 19.1. The van der Waals surface area contributed by atoms with Crippen molar-refractivity contribution in [3.63, 3.8) is 0 Å². The Balaban J connectivity index is 2.50. The molecule has 0 saturated heterocycles. The summed E-state index contributed by atoms with van der Waals surface area (Å²) in [5, 5.41) is 2.49. The molecule has 0 bridgehead atoms. The number of aromatic nitrogens is 2. The van der Waals surface area contributed by atoms with Crippen LogP contribution in [0.25, 0.3) is 21.7 Å². The van der Waals surface area contributed by atoms with Crippen molar-refractivity contribution in [1.29, 1.82) is 0 Å². The first-order valence-corrected chi connectivity index (χ1v) is 5.66. The van der Waals surface area contributed by atoms with Crippen LogP contribution in [-0.2, 0) is 0 Å². The molecule has 4 nitrogen and oxygen atoms in total. The Labute approximate surface area is 103 Å². The largest absolute Gasteiger partial charge is 0.497 e. The maximum absolute atomic E-state index is 12.0. The molecule has 0 aliphatic rings. The van der Waals surface area contributed by atoms with E-state index in [2.05, 4.69) is 9.97 Å². The van der Waals surface area contributed by atoms with Crippen molar-refractivity contribution in [3.05, 3.63) is 46.5 Å². The van der Waals surface area contributed by atoms with E-state index in [1.165, 1.54) is 0 Å². The zero-order chi connectivity index (χ0) is 12.7. The van der Waals surface area contributed by atoms with Gasteiger partial charge in [-0.05, 0) is 42.0 Å². The van der Waals surface area contributed by atoms with E-state index < -0.39 is 0 Å². The monoisotopic (exact) mass is 240 g/mol. The number of methoxy groups -OCH3 is 1. The smallest absolute Gasteiger partial charge is 0.259 e. The zero-order valence-corrected chi connectivity index (χ0v) is 10.2. The van der Waals surface area contributed by atoms with Crippen LogP contribution >= 0.6 is 0 Å². The highest BCUT2D eigenvalue weighted by Gasteiger charge is 2.07. The number of benzene rings is 2. The van der Waals surface area contributed by atoms with Gasteiger partial charge in [0.25, 0.3) is 5.56 Å². The van der Waals surface area contributed by atoms with Crippen LogP contribution in [0.4, 0.5) is 0 Å². The molecule has 0 saturated carbocycles. The standard InChI is InChI=1S/C14H12N2O2/c1-8-15-12-6-3-9-7-10(18-2)4-5-11(9)13(12)14(17)16-8/h3-7H,1-2H3,(H,15,16,17). The molecule has 1 N–H and O–H groups in total. The third kappa shape index (κ3) is 1.54. The van der Waals surface area contributed by atoms with E-state index in [1.807, 2.05) is 30.3 Å². The highest BCUT2D eigenvalue weighted by Crippen LogP contribution is 2.25. The Morgan fingerprint density at radius 3 is 2.83 bits per heavy atom. The first kappa shape index (κ1) is 10.8. The summed E-state index contributed by atoms with van der Waals surface area (Å²) < 4.78 is 5.18. The third-order valence-electron chi connectivity index (χ3n) is 3.01. The molecule has 0 aliphatic heterocycles. The molecule has 3 rings (SSSR count). The predicted molar refractivity (Wildman–Crippen MR) is 71.2 cm³/mol. The number of aromatic amines is 1. The molecule has 0 unspecified atom stereocenters. The van der Waals surface area contributed by atoms with E-state index in [1.54, 1.807) is 14.0 Å². The lowest BCUT2D eigenvalue weighted by atomic mass is 10.1. The number of rotatable bonds is 1. The van der Waals surface area contributed by atoms with Crippen molar-refractivity contribution in [2.24, 2.45) is 0 Å². The SMILES string of the molecule is COc1ccc2c(ccc3nc(C)[nH]c(=O)c32)c1. The summed E-state index contributed by atoms with van der Waals surface area (Å²) in [6, 6.07) is 9.46. The summed E-state index contributed by atoms with van der Waals surface area (Å²) in [6.07, 6.45) is 0. The van der Waals surface area contributed by atoms with Gasteiger partial charge in [0.2, 0.25) is 0 Å². The molecular formula is C14H12N2O2. The van der Waals surface area contributed by atoms with Crippen molar-refractivity contribution in [2.45, 2.75) is 6.92 Å². The maximum atomic E-state index is 12.0. The molecule has 18 heavy (non-hydrogen) atoms. The summed E-state index contributed by atoms with van der Waals surface area (Å²) in [6.45, 7) is 1.78. The first-order valence-electron chi connectivity index (χ1n) is 5.66. The fourth-order valence-electron chi connectivity index (χ4n) is 2.19. The minimum atomic E-state index is -0.103. The fourth-order valence-corrected chi connectivity index (χ4v) is 2.19. The lowest BCUT2D eigenvalue weighted by Crippen LogP contribution is -2.09. The van der Waals surface area contributed by atoms with Crippen molar-refractivity contribution in [2.75, 3.05) is 7.11 Å². The molecule has 4 heteroatoms. The van der Waals surface area contributed by atoms with Crippen molar-refractivity contribution >= 4 is 21.7 Å². The summed E-state index contributed by atoms with van der Waals surface area (Å²) in [7, 11) is 1.62. The van der Waals surface area contributed by atoms with E-state index in [9.17, 15) is 4.79 Å². The van der Waals surface area contributed by atoms with E-state index >= 15 is 0 Å². The van der Waals surface area contributed by atoms with Gasteiger partial charge in [0.1, 0.15) is 11.6 Å². The third-order valence-corrected chi connectivity index (χ3v) is 3.01. The van der Waals surface area contributed by atoms with E-state index in [0.29, 0.717) is 16.7 Å². The van der Waals surface area contributed by atoms with E-state index in [-0.39, 0.29) is 5.56 Å². The zero-order valence-electron chi connectivity index (χ0n) is 10.2. The Bertz CT molecular complexity index is 806. The Morgan fingerprint density at radius 2 is 2.06 bits per heavy atom. The Hall–Kier alpha value is -2.36. The normalized spacial score (nSPS) is 11.0. The fraction of sp³-hybridized carbons (Fsp3) is 0.143. The van der Waals surface area contributed by atoms with Crippen molar-refractivity contribution in [1.82, 2.24) is 9.97 Å². The second-order valence-electron chi connectivity index (χ2n) is 4.20. The molecule has 1 heterocycles. The quantitative estimate of drug-likeness (QED) is 0.664. The Kier molecular flexibility index (Phi) is 2.30. The molecule has 2 aromatic carbocycles. The first-order chi connectivity index (χ1) is 8.69. The summed E-state index contributed by atoms with van der Waals surface area (Å²) in [5.41, 5.74) is 0.613. The number of ether oxygens (including phenoxy) is 1. The molecule has 0 fully saturated rings. The van der Waals surface area contributed by atoms with Gasteiger partial charge in [-0.3, -0.25) is 4.79 Å². The highest BCUT2D eigenvalue weighted by atomic mass is 16.5. The number of fused-ring (bicyclic) bond motifs is 3. The van der Waals surface area contributed by atoms with Crippen LogP contribution in [0, 0.1) is 6.92 Å². The van der Waals surface area contributed by atoms with Gasteiger partial charge in [-0.2, -0.15) is 0 Å². The maximum Gasteiger partial charge on any atom is 0.259 e. The Morgan fingerprint density at radius 1 is 1.22 bits per heavy atom. The molecule has 3 aromatic rings. The lowest BCUT2D eigenvalue weighted by Gasteiger charge is -2.05. The van der Waals surface area contributed by atoms with Gasteiger partial charge in [0.05, 0.1) is 18.0 Å². The van der Waals surface area contributed by atoms with Crippen LogP contribution in [0.5, 0.6) is 5.75 Å². The van der Waals surface area contributed by atoms with Crippen LogP contribution in [0.2, 0.25) is 0 Å². The second-order valence-corrected chi connectivity index (χ2v) is 4.20. The van der Waals surface area contributed by atoms with E-state index in [4.69, 9.17) is 4.74 Å². The molecule has 0 radical (unpaired) electrons. The summed E-state index contributed by atoms with van der Waals surface area (Å²) >= 11 is 0. The molecule has 0 amide bonds. The molecule has 90 valence electrons. The van der Waals surface area contributed by atoms with Crippen LogP contribution in [0.3, 0.4) is 0 Å². The number of nitrogens with zero attached hydrogens (tertiary/aromatic N) is 1. The van der Waals surface area contributed by atoms with Gasteiger partial charge in [-0.15, -0.1) is 0 Å². The number of H-pyrrole nitrogens is 1. The van der Waals surface area contributed by atoms with Gasteiger partial charge >= 0.3 is 0 Å². The second kappa shape index (κ2) is 3.84. The average Bonchev–Trinajstić information content (AvgIpc) is 2.37. The number of aryl methyl sites for hydroxylation is 1.